The monoisotopic (exact) mass is 486 g/mol. The van der Waals surface area contributed by atoms with Crippen molar-refractivity contribution in [3.8, 4) is 0 Å². The summed E-state index contributed by atoms with van der Waals surface area (Å²) in [6.45, 7) is 5.96. The number of hydrogen-bond acceptors (Lipinski definition) is 5. The van der Waals surface area contributed by atoms with Crippen LogP contribution in [0.2, 0.25) is 0 Å². The van der Waals surface area contributed by atoms with E-state index < -0.39 is 29.7 Å². The number of nitrogens with one attached hydrogen (secondary N) is 2. The van der Waals surface area contributed by atoms with Crippen molar-refractivity contribution >= 4 is 23.8 Å². The van der Waals surface area contributed by atoms with Gasteiger partial charge in [-0.1, -0.05) is 75.6 Å². The van der Waals surface area contributed by atoms with Crippen molar-refractivity contribution in [2.75, 3.05) is 6.54 Å². The molecule has 5 N–H and O–H groups in total. The van der Waals surface area contributed by atoms with E-state index in [0.29, 0.717) is 18.9 Å². The number of allylic oxidation sites excluding steroid dienone is 1. The van der Waals surface area contributed by atoms with Gasteiger partial charge >= 0.3 is 0 Å². The molecule has 0 aliphatic heterocycles. The second-order valence-electron chi connectivity index (χ2n) is 10.1. The minimum atomic E-state index is -0.802. The Balaban J connectivity index is 2.23. The second-order valence-corrected chi connectivity index (χ2v) is 10.1. The molecule has 1 aromatic carbocycles. The van der Waals surface area contributed by atoms with Crippen molar-refractivity contribution < 1.29 is 19.6 Å². The fraction of sp³-hybridized carbons (Fsp3) is 0.593. The van der Waals surface area contributed by atoms with Crippen LogP contribution in [0.25, 0.3) is 6.08 Å². The van der Waals surface area contributed by atoms with Gasteiger partial charge in [0.1, 0.15) is 0 Å². The molecule has 0 unspecified atom stereocenters. The number of hydroxylamine groups is 1. The largest absolute Gasteiger partial charge is 0.320 e. The summed E-state index contributed by atoms with van der Waals surface area (Å²) in [6.07, 6.45) is 9.84. The highest BCUT2D eigenvalue weighted by Crippen LogP contribution is 2.27. The summed E-state index contributed by atoms with van der Waals surface area (Å²) in [5.41, 5.74) is 11.4. The Morgan fingerprint density at radius 1 is 1.06 bits per heavy atom. The fourth-order valence-corrected chi connectivity index (χ4v) is 4.69. The van der Waals surface area contributed by atoms with Gasteiger partial charge in [-0.2, -0.15) is 0 Å². The van der Waals surface area contributed by atoms with Crippen LogP contribution in [0.1, 0.15) is 71.3 Å². The van der Waals surface area contributed by atoms with E-state index in [4.69, 9.17) is 5.73 Å². The Bertz CT molecular complexity index is 835. The van der Waals surface area contributed by atoms with Crippen LogP contribution in [0.15, 0.2) is 36.4 Å². The molecule has 8 nitrogen and oxygen atoms in total. The first kappa shape index (κ1) is 28.5. The number of benzene rings is 1. The van der Waals surface area contributed by atoms with E-state index in [9.17, 15) is 19.6 Å². The lowest BCUT2D eigenvalue weighted by Crippen LogP contribution is -2.56. The van der Waals surface area contributed by atoms with Crippen LogP contribution in [0.3, 0.4) is 0 Å². The van der Waals surface area contributed by atoms with Crippen molar-refractivity contribution in [1.82, 2.24) is 15.9 Å². The lowest BCUT2D eigenvalue weighted by Gasteiger charge is -2.33. The summed E-state index contributed by atoms with van der Waals surface area (Å²) < 4.78 is 0. The van der Waals surface area contributed by atoms with Crippen molar-refractivity contribution in [1.29, 1.82) is 0 Å². The maximum Gasteiger partial charge on any atom is 0.257 e. The Morgan fingerprint density at radius 2 is 1.71 bits per heavy atom. The minimum Gasteiger partial charge on any atom is -0.320 e. The van der Waals surface area contributed by atoms with E-state index in [1.807, 2.05) is 56.3 Å². The molecule has 0 spiro atoms. The lowest BCUT2D eigenvalue weighted by atomic mass is 9.82. The average Bonchev–Trinajstić information content (AvgIpc) is 2.85. The first-order valence-electron chi connectivity index (χ1n) is 12.8. The quantitative estimate of drug-likeness (QED) is 0.281. The summed E-state index contributed by atoms with van der Waals surface area (Å²) >= 11 is 0. The Hall–Kier alpha value is -2.71. The van der Waals surface area contributed by atoms with Gasteiger partial charge in [-0.3, -0.25) is 30.0 Å². The number of carbonyl (C=O) groups excluding carboxylic acids is 3. The number of rotatable bonds is 11. The van der Waals surface area contributed by atoms with Crippen LogP contribution >= 0.6 is 0 Å². The molecule has 1 saturated carbocycles. The molecule has 3 amide bonds. The van der Waals surface area contributed by atoms with E-state index >= 15 is 0 Å². The van der Waals surface area contributed by atoms with Crippen LogP contribution in [-0.2, 0) is 14.4 Å². The van der Waals surface area contributed by atoms with Crippen molar-refractivity contribution in [3.63, 3.8) is 0 Å². The number of hydrogen-bond donors (Lipinski definition) is 4. The van der Waals surface area contributed by atoms with Crippen LogP contribution in [0.5, 0.6) is 0 Å². The summed E-state index contributed by atoms with van der Waals surface area (Å²) in [4.78, 5) is 39.0. The predicted molar refractivity (Wildman–Crippen MR) is 137 cm³/mol. The van der Waals surface area contributed by atoms with E-state index in [0.717, 1.165) is 31.2 Å². The zero-order valence-electron chi connectivity index (χ0n) is 21.3. The predicted octanol–water partition coefficient (Wildman–Crippen LogP) is 3.66. The molecule has 2 rings (SSSR count). The van der Waals surface area contributed by atoms with Gasteiger partial charge in [0.15, 0.2) is 0 Å². The second kappa shape index (κ2) is 14.6. The van der Waals surface area contributed by atoms with Gasteiger partial charge in [-0.05, 0) is 50.0 Å². The number of nitrogens with zero attached hydrogens (tertiary/aromatic N) is 1. The van der Waals surface area contributed by atoms with E-state index in [1.54, 1.807) is 12.4 Å². The normalized spacial score (nSPS) is 17.1. The molecule has 1 aliphatic carbocycles. The smallest absolute Gasteiger partial charge is 0.257 e. The highest BCUT2D eigenvalue weighted by Gasteiger charge is 2.35. The highest BCUT2D eigenvalue weighted by molar-refractivity contribution is 5.89. The molecule has 1 fully saturated rings. The zero-order chi connectivity index (χ0) is 25.8. The minimum absolute atomic E-state index is 0.119. The molecule has 3 atom stereocenters. The highest BCUT2D eigenvalue weighted by atomic mass is 16.5. The molecule has 0 heterocycles. The van der Waals surface area contributed by atoms with Crippen molar-refractivity contribution in [3.05, 3.63) is 42.0 Å². The number of nitrogens with two attached hydrogens (primary N) is 1. The fourth-order valence-electron chi connectivity index (χ4n) is 4.69. The standard InChI is InChI=1S/C27H42N4O4/c1-19(2)17-24(23(26(33)30-35)16-10-15-21-11-6-4-7-12-21)25(32)29-31(27(34)20(3)28)18-22-13-8-5-9-14-22/h4,6-7,10-12,15,19-20,22-24,35H,5,8-9,13-14,16-18,28H2,1-3H3,(H,29,32)(H,30,33)/b15-10+/t20-,23+,24-/m1/s1. The molecular formula is C27H42N4O4. The summed E-state index contributed by atoms with van der Waals surface area (Å²) in [5.74, 6) is -2.50. The van der Waals surface area contributed by atoms with E-state index in [1.165, 1.54) is 11.4 Å². The molecule has 0 radical (unpaired) electrons. The lowest BCUT2D eigenvalue weighted by molar-refractivity contribution is -0.148. The van der Waals surface area contributed by atoms with Crippen molar-refractivity contribution in [2.24, 2.45) is 29.4 Å². The molecule has 0 aromatic heterocycles. The SMILES string of the molecule is CC(C)C[C@@H](C(=O)NN(CC1CCCCC1)C(=O)[C@@H](C)N)[C@H](C/C=C/c1ccccc1)C(=O)NO. The van der Waals surface area contributed by atoms with Crippen LogP contribution in [0, 0.1) is 23.7 Å². The van der Waals surface area contributed by atoms with Gasteiger partial charge < -0.3 is 5.73 Å². The average molecular weight is 487 g/mol. The molecule has 0 saturated heterocycles. The van der Waals surface area contributed by atoms with Crippen LogP contribution in [-0.4, -0.2) is 40.5 Å². The maximum atomic E-state index is 13.5. The number of hydrazine groups is 1. The third kappa shape index (κ3) is 9.45. The Morgan fingerprint density at radius 3 is 2.29 bits per heavy atom. The van der Waals surface area contributed by atoms with Gasteiger partial charge in [-0.15, -0.1) is 0 Å². The third-order valence-electron chi connectivity index (χ3n) is 6.56. The molecule has 1 aliphatic rings. The van der Waals surface area contributed by atoms with Gasteiger partial charge in [0.05, 0.1) is 17.9 Å². The Kier molecular flexibility index (Phi) is 11.9. The molecule has 194 valence electrons. The zero-order valence-corrected chi connectivity index (χ0v) is 21.3. The van der Waals surface area contributed by atoms with Gasteiger partial charge in [0.25, 0.3) is 5.91 Å². The van der Waals surface area contributed by atoms with E-state index in [-0.39, 0.29) is 18.2 Å². The summed E-state index contributed by atoms with van der Waals surface area (Å²) in [5, 5.41) is 10.8. The number of carbonyl (C=O) groups is 3. The third-order valence-corrected chi connectivity index (χ3v) is 6.56. The van der Waals surface area contributed by atoms with Crippen LogP contribution in [0.4, 0.5) is 0 Å². The molecular weight excluding hydrogens is 444 g/mol. The number of amides is 3. The molecule has 0 bridgehead atoms. The maximum absolute atomic E-state index is 13.5. The van der Waals surface area contributed by atoms with Gasteiger partial charge in [-0.25, -0.2) is 5.48 Å². The summed E-state index contributed by atoms with van der Waals surface area (Å²) in [6, 6.07) is 8.89. The molecule has 1 aromatic rings. The molecule has 35 heavy (non-hydrogen) atoms. The topological polar surface area (TPSA) is 125 Å². The summed E-state index contributed by atoms with van der Waals surface area (Å²) in [7, 11) is 0. The first-order valence-corrected chi connectivity index (χ1v) is 12.8. The van der Waals surface area contributed by atoms with Gasteiger partial charge in [0.2, 0.25) is 11.8 Å². The van der Waals surface area contributed by atoms with Crippen molar-refractivity contribution in [2.45, 2.75) is 71.8 Å². The molecule has 8 heteroatoms. The Labute approximate surface area is 209 Å². The first-order chi connectivity index (χ1) is 16.7. The van der Waals surface area contributed by atoms with Crippen LogP contribution < -0.4 is 16.6 Å². The van der Waals surface area contributed by atoms with Gasteiger partial charge in [0, 0.05) is 6.54 Å². The van der Waals surface area contributed by atoms with E-state index in [2.05, 4.69) is 5.43 Å².